The minimum atomic E-state index is -0.106. The van der Waals surface area contributed by atoms with Gasteiger partial charge in [-0.2, -0.15) is 16.3 Å². The van der Waals surface area contributed by atoms with Crippen molar-refractivity contribution in [3.05, 3.63) is 51.5 Å². The normalized spacial score (nSPS) is 10.7. The van der Waals surface area contributed by atoms with Crippen LogP contribution in [-0.2, 0) is 11.2 Å². The molecule has 0 unspecified atom stereocenters. The molecule has 5 nitrogen and oxygen atoms in total. The van der Waals surface area contributed by atoms with Crippen molar-refractivity contribution in [2.24, 2.45) is 0 Å². The van der Waals surface area contributed by atoms with Crippen molar-refractivity contribution >= 4 is 34.5 Å². The van der Waals surface area contributed by atoms with Gasteiger partial charge in [-0.1, -0.05) is 16.8 Å². The number of carbonyl (C=O) groups is 1. The summed E-state index contributed by atoms with van der Waals surface area (Å²) in [5, 5.41) is 11.3. The van der Waals surface area contributed by atoms with Gasteiger partial charge in [-0.25, -0.2) is 0 Å². The van der Waals surface area contributed by atoms with Crippen LogP contribution < -0.4 is 5.32 Å². The van der Waals surface area contributed by atoms with Crippen molar-refractivity contribution in [1.82, 2.24) is 10.1 Å². The highest BCUT2D eigenvalue weighted by atomic mass is 35.5. The van der Waals surface area contributed by atoms with E-state index in [4.69, 9.17) is 16.1 Å². The second kappa shape index (κ2) is 6.93. The maximum Gasteiger partial charge on any atom is 0.227 e. The van der Waals surface area contributed by atoms with Crippen LogP contribution in [0.15, 0.2) is 39.5 Å². The summed E-state index contributed by atoms with van der Waals surface area (Å²) in [6.07, 6.45) is 0.670. The SMILES string of the molecule is Cc1cc(Cl)ccc1NC(=O)CCc1nc(-c2ccsc2)no1. The highest BCUT2D eigenvalue weighted by molar-refractivity contribution is 7.08. The Morgan fingerprint density at radius 2 is 2.26 bits per heavy atom. The number of rotatable bonds is 5. The molecule has 2 aromatic heterocycles. The number of nitrogens with zero attached hydrogens (tertiary/aromatic N) is 2. The molecular formula is C16H14ClN3O2S. The lowest BCUT2D eigenvalue weighted by Gasteiger charge is -2.07. The Morgan fingerprint density at radius 1 is 1.39 bits per heavy atom. The van der Waals surface area contributed by atoms with Crippen molar-refractivity contribution in [1.29, 1.82) is 0 Å². The quantitative estimate of drug-likeness (QED) is 0.745. The number of hydrogen-bond acceptors (Lipinski definition) is 5. The second-order valence-electron chi connectivity index (χ2n) is 5.03. The zero-order chi connectivity index (χ0) is 16.2. The standard InChI is InChI=1S/C16H14ClN3O2S/c1-10-8-12(17)2-3-13(10)18-14(21)4-5-15-19-16(20-22-15)11-6-7-23-9-11/h2-3,6-9H,4-5H2,1H3,(H,18,21). The molecule has 0 saturated carbocycles. The van der Waals surface area contributed by atoms with E-state index in [9.17, 15) is 4.79 Å². The van der Waals surface area contributed by atoms with E-state index in [1.807, 2.05) is 29.8 Å². The zero-order valence-electron chi connectivity index (χ0n) is 12.4. The fourth-order valence-electron chi connectivity index (χ4n) is 2.07. The molecule has 0 aliphatic heterocycles. The second-order valence-corrected chi connectivity index (χ2v) is 6.25. The van der Waals surface area contributed by atoms with Gasteiger partial charge in [0.05, 0.1) is 0 Å². The van der Waals surface area contributed by atoms with Crippen LogP contribution >= 0.6 is 22.9 Å². The molecule has 0 aliphatic rings. The first kappa shape index (κ1) is 15.7. The molecule has 0 spiro atoms. The maximum absolute atomic E-state index is 12.0. The van der Waals surface area contributed by atoms with E-state index in [0.717, 1.165) is 16.8 Å². The molecule has 0 bridgehead atoms. The van der Waals surface area contributed by atoms with E-state index in [-0.39, 0.29) is 12.3 Å². The highest BCUT2D eigenvalue weighted by Crippen LogP contribution is 2.21. The smallest absolute Gasteiger partial charge is 0.227 e. The summed E-state index contributed by atoms with van der Waals surface area (Å²) in [5.74, 6) is 0.898. The molecule has 0 radical (unpaired) electrons. The average molecular weight is 348 g/mol. The third kappa shape index (κ3) is 3.97. The first-order chi connectivity index (χ1) is 11.1. The van der Waals surface area contributed by atoms with Crippen LogP contribution in [0.2, 0.25) is 5.02 Å². The number of halogens is 1. The van der Waals surface area contributed by atoms with Crippen LogP contribution in [0.4, 0.5) is 5.69 Å². The first-order valence-corrected chi connectivity index (χ1v) is 8.35. The zero-order valence-corrected chi connectivity index (χ0v) is 13.9. The Morgan fingerprint density at radius 3 is 3.00 bits per heavy atom. The van der Waals surface area contributed by atoms with Gasteiger partial charge in [0, 0.05) is 34.5 Å². The molecular weight excluding hydrogens is 334 g/mol. The number of anilines is 1. The van der Waals surface area contributed by atoms with Gasteiger partial charge in [-0.05, 0) is 42.1 Å². The van der Waals surface area contributed by atoms with E-state index >= 15 is 0 Å². The van der Waals surface area contributed by atoms with Crippen LogP contribution in [-0.4, -0.2) is 16.0 Å². The lowest BCUT2D eigenvalue weighted by molar-refractivity contribution is -0.116. The predicted molar refractivity (Wildman–Crippen MR) is 90.8 cm³/mol. The molecule has 0 fully saturated rings. The Kier molecular flexibility index (Phi) is 4.73. The number of aryl methyl sites for hydroxylation is 2. The number of carbonyl (C=O) groups excluding carboxylic acids is 1. The van der Waals surface area contributed by atoms with E-state index < -0.39 is 0 Å². The lowest BCUT2D eigenvalue weighted by atomic mass is 10.2. The molecule has 3 rings (SSSR count). The van der Waals surface area contributed by atoms with Gasteiger partial charge in [-0.3, -0.25) is 4.79 Å². The highest BCUT2D eigenvalue weighted by Gasteiger charge is 2.11. The van der Waals surface area contributed by atoms with Crippen LogP contribution in [0.5, 0.6) is 0 Å². The molecule has 7 heteroatoms. The van der Waals surface area contributed by atoms with Crippen LogP contribution in [0, 0.1) is 6.92 Å². The van der Waals surface area contributed by atoms with Crippen molar-refractivity contribution in [2.75, 3.05) is 5.32 Å². The topological polar surface area (TPSA) is 68.0 Å². The van der Waals surface area contributed by atoms with Gasteiger partial charge in [0.25, 0.3) is 0 Å². The number of benzene rings is 1. The maximum atomic E-state index is 12.0. The summed E-state index contributed by atoms with van der Waals surface area (Å²) >= 11 is 7.47. The van der Waals surface area contributed by atoms with E-state index in [2.05, 4.69) is 15.5 Å². The summed E-state index contributed by atoms with van der Waals surface area (Å²) in [7, 11) is 0. The lowest BCUT2D eigenvalue weighted by Crippen LogP contribution is -2.13. The average Bonchev–Trinajstić information content (AvgIpc) is 3.18. The summed E-state index contributed by atoms with van der Waals surface area (Å²) in [6, 6.07) is 7.27. The Labute approximate surface area is 142 Å². The van der Waals surface area contributed by atoms with Crippen LogP contribution in [0.25, 0.3) is 11.4 Å². The summed E-state index contributed by atoms with van der Waals surface area (Å²) in [5.41, 5.74) is 2.60. The molecule has 0 aliphatic carbocycles. The minimum absolute atomic E-state index is 0.106. The fraction of sp³-hybridized carbons (Fsp3) is 0.188. The number of hydrogen-bond donors (Lipinski definition) is 1. The summed E-state index contributed by atoms with van der Waals surface area (Å²) in [4.78, 5) is 16.3. The van der Waals surface area contributed by atoms with Crippen molar-refractivity contribution in [2.45, 2.75) is 19.8 Å². The minimum Gasteiger partial charge on any atom is -0.339 e. The van der Waals surface area contributed by atoms with Gasteiger partial charge in [0.1, 0.15) is 0 Å². The molecule has 118 valence electrons. The van der Waals surface area contributed by atoms with Gasteiger partial charge in [0.2, 0.25) is 17.6 Å². The largest absolute Gasteiger partial charge is 0.339 e. The fourth-order valence-corrected chi connectivity index (χ4v) is 2.93. The number of aromatic nitrogens is 2. The molecule has 0 saturated heterocycles. The molecule has 1 amide bonds. The third-order valence-corrected chi connectivity index (χ3v) is 4.19. The molecule has 1 aromatic carbocycles. The van der Waals surface area contributed by atoms with Gasteiger partial charge >= 0.3 is 0 Å². The van der Waals surface area contributed by atoms with Crippen molar-refractivity contribution in [3.63, 3.8) is 0 Å². The molecule has 3 aromatic rings. The predicted octanol–water partition coefficient (Wildman–Crippen LogP) is 4.33. The molecule has 2 heterocycles. The number of amides is 1. The molecule has 23 heavy (non-hydrogen) atoms. The summed E-state index contributed by atoms with van der Waals surface area (Å²) in [6.45, 7) is 1.90. The number of nitrogens with one attached hydrogen (secondary N) is 1. The van der Waals surface area contributed by atoms with Gasteiger partial charge in [-0.15, -0.1) is 0 Å². The van der Waals surface area contributed by atoms with Crippen molar-refractivity contribution < 1.29 is 9.32 Å². The van der Waals surface area contributed by atoms with Gasteiger partial charge < -0.3 is 9.84 Å². The Hall–Kier alpha value is -2.18. The Bertz CT molecular complexity index is 815. The first-order valence-electron chi connectivity index (χ1n) is 7.03. The van der Waals surface area contributed by atoms with E-state index in [1.165, 1.54) is 0 Å². The van der Waals surface area contributed by atoms with Crippen LogP contribution in [0.3, 0.4) is 0 Å². The molecule has 1 N–H and O–H groups in total. The third-order valence-electron chi connectivity index (χ3n) is 3.28. The van der Waals surface area contributed by atoms with Gasteiger partial charge in [0.15, 0.2) is 0 Å². The van der Waals surface area contributed by atoms with Crippen LogP contribution in [0.1, 0.15) is 17.9 Å². The van der Waals surface area contributed by atoms with Crippen molar-refractivity contribution in [3.8, 4) is 11.4 Å². The monoisotopic (exact) mass is 347 g/mol. The van der Waals surface area contributed by atoms with E-state index in [1.54, 1.807) is 23.5 Å². The Balaban J connectivity index is 1.57. The number of thiophene rings is 1. The molecule has 0 atom stereocenters. The van der Waals surface area contributed by atoms with E-state index in [0.29, 0.717) is 23.2 Å². The summed E-state index contributed by atoms with van der Waals surface area (Å²) < 4.78 is 5.17.